The van der Waals surface area contributed by atoms with Crippen LogP contribution < -0.4 is 5.69 Å². The van der Waals surface area contributed by atoms with Gasteiger partial charge in [0.15, 0.2) is 0 Å². The summed E-state index contributed by atoms with van der Waals surface area (Å²) in [6, 6.07) is 8.81. The van der Waals surface area contributed by atoms with E-state index in [2.05, 4.69) is 8.75 Å². The Balaban J connectivity index is 1.97. The molecule has 2 heterocycles. The highest BCUT2D eigenvalue weighted by atomic mass is 32.1. The van der Waals surface area contributed by atoms with Gasteiger partial charge >= 0.3 is 11.7 Å². The predicted octanol–water partition coefficient (Wildman–Crippen LogP) is 2.28. The first-order valence-corrected chi connectivity index (χ1v) is 9.31. The minimum Gasteiger partial charge on any atom is -0.508 e. The molecule has 0 saturated carbocycles. The normalized spacial score (nSPS) is 12.5. The lowest BCUT2D eigenvalue weighted by Gasteiger charge is -2.19. The second-order valence-corrected chi connectivity index (χ2v) is 7.14. The molecular weight excluding hydrogens is 380 g/mol. The van der Waals surface area contributed by atoms with Gasteiger partial charge in [0.05, 0.1) is 36.3 Å². The third-order valence-corrected chi connectivity index (χ3v) is 5.63. The number of aryl methyl sites for hydroxylation is 2. The number of benzene rings is 2. The Morgan fingerprint density at radius 3 is 2.68 bits per heavy atom. The number of esters is 1. The molecule has 0 aliphatic rings. The molecule has 0 saturated heterocycles. The number of rotatable bonds is 4. The summed E-state index contributed by atoms with van der Waals surface area (Å²) in [6.07, 6.45) is 0.0208. The van der Waals surface area contributed by atoms with Crippen molar-refractivity contribution < 1.29 is 14.6 Å². The number of imidazole rings is 1. The van der Waals surface area contributed by atoms with Crippen LogP contribution >= 0.6 is 11.7 Å². The number of aromatic hydroxyl groups is 1. The number of ether oxygens (including phenoxy) is 1. The van der Waals surface area contributed by atoms with Crippen LogP contribution in [0.2, 0.25) is 0 Å². The van der Waals surface area contributed by atoms with Crippen LogP contribution in [0.5, 0.6) is 5.75 Å². The van der Waals surface area contributed by atoms with Crippen LogP contribution in [0.4, 0.5) is 0 Å². The van der Waals surface area contributed by atoms with Gasteiger partial charge in [0.2, 0.25) is 0 Å². The maximum absolute atomic E-state index is 12.3. The lowest BCUT2D eigenvalue weighted by Crippen LogP contribution is -2.19. The number of carbonyl (C=O) groups is 1. The van der Waals surface area contributed by atoms with Gasteiger partial charge in [-0.1, -0.05) is 6.07 Å². The Morgan fingerprint density at radius 2 is 1.93 bits per heavy atom. The second-order valence-electron chi connectivity index (χ2n) is 6.61. The molecule has 2 aromatic heterocycles. The molecule has 4 aromatic rings. The minimum atomic E-state index is -0.500. The summed E-state index contributed by atoms with van der Waals surface area (Å²) >= 11 is 1.05. The highest BCUT2D eigenvalue weighted by molar-refractivity contribution is 7.00. The number of hydrogen-bond donors (Lipinski definition) is 1. The van der Waals surface area contributed by atoms with Crippen molar-refractivity contribution in [2.75, 3.05) is 7.11 Å². The van der Waals surface area contributed by atoms with Gasteiger partial charge in [-0.25, -0.2) is 4.79 Å². The van der Waals surface area contributed by atoms with E-state index in [4.69, 9.17) is 4.74 Å². The summed E-state index contributed by atoms with van der Waals surface area (Å²) in [5.74, 6) is -0.873. The quantitative estimate of drug-likeness (QED) is 0.530. The van der Waals surface area contributed by atoms with Gasteiger partial charge in [-0.15, -0.1) is 0 Å². The summed E-state index contributed by atoms with van der Waals surface area (Å²) in [5, 5.41) is 10.6. The molecule has 0 spiro atoms. The number of fused-ring (bicyclic) bond motifs is 2. The molecule has 4 rings (SSSR count). The summed E-state index contributed by atoms with van der Waals surface area (Å²) < 4.78 is 16.5. The monoisotopic (exact) mass is 398 g/mol. The Hall–Kier alpha value is -3.20. The zero-order valence-corrected chi connectivity index (χ0v) is 16.4. The van der Waals surface area contributed by atoms with Gasteiger partial charge in [0.25, 0.3) is 0 Å². The van der Waals surface area contributed by atoms with E-state index in [1.54, 1.807) is 35.4 Å². The molecule has 0 fully saturated rings. The van der Waals surface area contributed by atoms with Crippen LogP contribution in [0, 0.1) is 0 Å². The minimum absolute atomic E-state index is 0.0208. The molecule has 0 radical (unpaired) electrons. The fourth-order valence-corrected chi connectivity index (χ4v) is 4.13. The van der Waals surface area contributed by atoms with Crippen LogP contribution in [0.1, 0.15) is 23.5 Å². The van der Waals surface area contributed by atoms with Crippen molar-refractivity contribution in [2.24, 2.45) is 14.1 Å². The molecule has 0 unspecified atom stereocenters. The fraction of sp³-hybridized carbons (Fsp3) is 0.263. The van der Waals surface area contributed by atoms with Gasteiger partial charge in [-0.2, -0.15) is 8.75 Å². The standard InChI is InChI=1S/C19H18N4O4S/c1-22-13-6-4-10(8-14(13)23(2)19(22)26)11(9-16(25)27-3)17-15(24)7-5-12-18(17)21-28-20-12/h4-8,11,24H,9H2,1-3H3/t11-/m0/s1. The Kier molecular flexibility index (Phi) is 4.38. The molecule has 1 N–H and O–H groups in total. The number of methoxy groups -OCH3 is 1. The SMILES string of the molecule is COC(=O)C[C@@H](c1ccc2c(c1)n(C)c(=O)n2C)c1c(O)ccc2nsnc12. The molecule has 0 aliphatic carbocycles. The molecule has 2 aromatic carbocycles. The van der Waals surface area contributed by atoms with Crippen molar-refractivity contribution in [3.05, 3.63) is 51.9 Å². The van der Waals surface area contributed by atoms with Crippen molar-refractivity contribution >= 4 is 39.8 Å². The highest BCUT2D eigenvalue weighted by Crippen LogP contribution is 2.39. The molecule has 8 nitrogen and oxygen atoms in total. The van der Waals surface area contributed by atoms with E-state index in [1.165, 1.54) is 7.11 Å². The Bertz CT molecular complexity index is 1270. The van der Waals surface area contributed by atoms with E-state index >= 15 is 0 Å². The molecule has 9 heteroatoms. The van der Waals surface area contributed by atoms with E-state index in [-0.39, 0.29) is 17.9 Å². The molecular formula is C19H18N4O4S. The van der Waals surface area contributed by atoms with Crippen LogP contribution in [0.15, 0.2) is 35.1 Å². The largest absolute Gasteiger partial charge is 0.508 e. The van der Waals surface area contributed by atoms with Gasteiger partial charge < -0.3 is 9.84 Å². The molecule has 0 bridgehead atoms. The smallest absolute Gasteiger partial charge is 0.328 e. The number of hydrogen-bond acceptors (Lipinski definition) is 7. The van der Waals surface area contributed by atoms with E-state index in [1.807, 2.05) is 18.2 Å². The van der Waals surface area contributed by atoms with Crippen molar-refractivity contribution in [3.8, 4) is 5.75 Å². The molecule has 0 aliphatic heterocycles. The number of phenolic OH excluding ortho intramolecular Hbond substituents is 1. The van der Waals surface area contributed by atoms with E-state index < -0.39 is 11.9 Å². The fourth-order valence-electron chi connectivity index (χ4n) is 3.58. The Morgan fingerprint density at radius 1 is 1.18 bits per heavy atom. The first kappa shape index (κ1) is 18.2. The van der Waals surface area contributed by atoms with Crippen LogP contribution in [-0.2, 0) is 23.6 Å². The van der Waals surface area contributed by atoms with Gasteiger partial charge in [0, 0.05) is 25.6 Å². The van der Waals surface area contributed by atoms with Crippen molar-refractivity contribution in [1.29, 1.82) is 0 Å². The van der Waals surface area contributed by atoms with Gasteiger partial charge in [-0.05, 0) is 29.8 Å². The van der Waals surface area contributed by atoms with Crippen molar-refractivity contribution in [1.82, 2.24) is 17.9 Å². The van der Waals surface area contributed by atoms with E-state index in [0.29, 0.717) is 16.6 Å². The number of aromatic nitrogens is 4. The predicted molar refractivity (Wildman–Crippen MR) is 106 cm³/mol. The summed E-state index contributed by atoms with van der Waals surface area (Å²) in [6.45, 7) is 0. The third kappa shape index (κ3) is 2.75. The van der Waals surface area contributed by atoms with Crippen molar-refractivity contribution in [2.45, 2.75) is 12.3 Å². The van der Waals surface area contributed by atoms with Crippen LogP contribution in [0.3, 0.4) is 0 Å². The zero-order valence-electron chi connectivity index (χ0n) is 15.5. The number of nitrogens with zero attached hydrogens (tertiary/aromatic N) is 4. The third-order valence-electron chi connectivity index (χ3n) is 5.09. The lowest BCUT2D eigenvalue weighted by atomic mass is 9.86. The van der Waals surface area contributed by atoms with Gasteiger partial charge in [-0.3, -0.25) is 13.9 Å². The van der Waals surface area contributed by atoms with Gasteiger partial charge in [0.1, 0.15) is 16.8 Å². The Labute approximate surface area is 163 Å². The average Bonchev–Trinajstić information content (AvgIpc) is 3.26. The summed E-state index contributed by atoms with van der Waals surface area (Å²) in [7, 11) is 4.74. The summed E-state index contributed by atoms with van der Waals surface area (Å²) in [4.78, 5) is 24.4. The number of carbonyl (C=O) groups excluding carboxylic acids is 1. The van der Waals surface area contributed by atoms with E-state index in [0.717, 1.165) is 28.3 Å². The van der Waals surface area contributed by atoms with Crippen LogP contribution in [-0.4, -0.2) is 36.1 Å². The first-order chi connectivity index (χ1) is 13.4. The maximum atomic E-state index is 12.3. The lowest BCUT2D eigenvalue weighted by molar-refractivity contribution is -0.140. The highest BCUT2D eigenvalue weighted by Gasteiger charge is 2.26. The second kappa shape index (κ2) is 6.75. The average molecular weight is 398 g/mol. The first-order valence-electron chi connectivity index (χ1n) is 8.58. The molecule has 1 atom stereocenters. The molecule has 28 heavy (non-hydrogen) atoms. The maximum Gasteiger partial charge on any atom is 0.328 e. The summed E-state index contributed by atoms with van der Waals surface area (Å²) in [5.41, 5.74) is 3.90. The van der Waals surface area contributed by atoms with Crippen molar-refractivity contribution in [3.63, 3.8) is 0 Å². The van der Waals surface area contributed by atoms with E-state index in [9.17, 15) is 14.7 Å². The topological polar surface area (TPSA) is 99.2 Å². The molecule has 144 valence electrons. The zero-order chi connectivity index (χ0) is 20.0. The molecule has 0 amide bonds. The van der Waals surface area contributed by atoms with Crippen LogP contribution in [0.25, 0.3) is 22.1 Å². The number of phenols is 1.